The van der Waals surface area contributed by atoms with Gasteiger partial charge in [0.2, 0.25) is 10.0 Å². The van der Waals surface area contributed by atoms with Gasteiger partial charge in [-0.3, -0.25) is 4.79 Å². The number of aryl methyl sites for hydroxylation is 1. The fourth-order valence-electron chi connectivity index (χ4n) is 3.36. The Morgan fingerprint density at radius 3 is 2.50 bits per heavy atom. The SMILES string of the molecule is CCOC(=O)c1ccc(C(=O)Nc2cc(S(=O)(=O)N3CCOCC3)ccc2OC(C)C)nc1C. The Bertz CT molecular complexity index is 1160. The third-order valence-electron chi connectivity index (χ3n) is 4.98. The minimum absolute atomic E-state index is 0.0302. The Morgan fingerprint density at radius 2 is 1.88 bits per heavy atom. The third kappa shape index (κ3) is 5.91. The summed E-state index contributed by atoms with van der Waals surface area (Å²) in [4.78, 5) is 29.2. The van der Waals surface area contributed by atoms with Crippen LogP contribution in [0.15, 0.2) is 35.2 Å². The molecule has 184 valence electrons. The van der Waals surface area contributed by atoms with E-state index >= 15 is 0 Å². The van der Waals surface area contributed by atoms with Crippen molar-refractivity contribution in [3.63, 3.8) is 0 Å². The lowest BCUT2D eigenvalue weighted by molar-refractivity contribution is 0.0524. The molecule has 3 rings (SSSR count). The summed E-state index contributed by atoms with van der Waals surface area (Å²) in [5.74, 6) is -0.773. The molecular weight excluding hydrogens is 462 g/mol. The van der Waals surface area contributed by atoms with Gasteiger partial charge in [0.15, 0.2) is 0 Å². The van der Waals surface area contributed by atoms with Crippen LogP contribution in [0.25, 0.3) is 0 Å². The van der Waals surface area contributed by atoms with Crippen LogP contribution in [0, 0.1) is 6.92 Å². The van der Waals surface area contributed by atoms with Crippen molar-refractivity contribution in [1.82, 2.24) is 9.29 Å². The first-order chi connectivity index (χ1) is 16.1. The summed E-state index contributed by atoms with van der Waals surface area (Å²) in [6.07, 6.45) is -0.207. The predicted octanol–water partition coefficient (Wildman–Crippen LogP) is 2.63. The number of aromatic nitrogens is 1. The van der Waals surface area contributed by atoms with Crippen LogP contribution >= 0.6 is 0 Å². The van der Waals surface area contributed by atoms with E-state index in [-0.39, 0.29) is 47.6 Å². The zero-order valence-corrected chi connectivity index (χ0v) is 20.5. The van der Waals surface area contributed by atoms with E-state index in [1.165, 1.54) is 34.6 Å². The molecule has 0 bridgehead atoms. The summed E-state index contributed by atoms with van der Waals surface area (Å²) < 4.78 is 43.5. The van der Waals surface area contributed by atoms with Gasteiger partial charge >= 0.3 is 5.97 Å². The number of hydrogen-bond donors (Lipinski definition) is 1. The molecule has 0 aliphatic carbocycles. The number of morpholine rings is 1. The van der Waals surface area contributed by atoms with Crippen molar-refractivity contribution >= 4 is 27.6 Å². The van der Waals surface area contributed by atoms with Crippen LogP contribution < -0.4 is 10.1 Å². The molecule has 1 amide bonds. The van der Waals surface area contributed by atoms with Crippen molar-refractivity contribution in [2.45, 2.75) is 38.7 Å². The molecule has 1 saturated heterocycles. The van der Waals surface area contributed by atoms with E-state index in [0.717, 1.165) is 0 Å². The number of anilines is 1. The Kier molecular flexibility index (Phi) is 8.24. The van der Waals surface area contributed by atoms with E-state index in [0.29, 0.717) is 24.7 Å². The Morgan fingerprint density at radius 1 is 1.18 bits per heavy atom. The zero-order chi connectivity index (χ0) is 24.9. The topological polar surface area (TPSA) is 124 Å². The van der Waals surface area contributed by atoms with Crippen molar-refractivity contribution < 1.29 is 32.2 Å². The highest BCUT2D eigenvalue weighted by atomic mass is 32.2. The number of ether oxygens (including phenoxy) is 3. The van der Waals surface area contributed by atoms with Crippen LogP contribution in [-0.2, 0) is 19.5 Å². The lowest BCUT2D eigenvalue weighted by Gasteiger charge is -2.26. The number of nitrogens with zero attached hydrogens (tertiary/aromatic N) is 2. The maximum atomic E-state index is 13.1. The molecular formula is C23H29N3O7S. The first-order valence-electron chi connectivity index (χ1n) is 11.0. The van der Waals surface area contributed by atoms with E-state index in [4.69, 9.17) is 14.2 Å². The number of sulfonamides is 1. The molecule has 1 aromatic heterocycles. The van der Waals surface area contributed by atoms with E-state index in [9.17, 15) is 18.0 Å². The van der Waals surface area contributed by atoms with Gasteiger partial charge in [-0.25, -0.2) is 18.2 Å². The molecule has 0 spiro atoms. The monoisotopic (exact) mass is 491 g/mol. The van der Waals surface area contributed by atoms with Crippen molar-refractivity contribution in [1.29, 1.82) is 0 Å². The summed E-state index contributed by atoms with van der Waals surface area (Å²) in [5.41, 5.74) is 0.860. The number of amides is 1. The highest BCUT2D eigenvalue weighted by molar-refractivity contribution is 7.89. The van der Waals surface area contributed by atoms with Crippen LogP contribution in [-0.4, -0.2) is 68.6 Å². The number of esters is 1. The van der Waals surface area contributed by atoms with Gasteiger partial charge in [0.25, 0.3) is 5.91 Å². The van der Waals surface area contributed by atoms with Crippen LogP contribution in [0.5, 0.6) is 5.75 Å². The zero-order valence-electron chi connectivity index (χ0n) is 19.7. The maximum absolute atomic E-state index is 13.1. The summed E-state index contributed by atoms with van der Waals surface area (Å²) >= 11 is 0. The van der Waals surface area contributed by atoms with Gasteiger partial charge in [0, 0.05) is 13.1 Å². The quantitative estimate of drug-likeness (QED) is 0.559. The summed E-state index contributed by atoms with van der Waals surface area (Å²) in [5, 5.41) is 2.70. The third-order valence-corrected chi connectivity index (χ3v) is 6.88. The molecule has 1 aromatic carbocycles. The highest BCUT2D eigenvalue weighted by Gasteiger charge is 2.27. The number of rotatable bonds is 8. The normalized spacial score (nSPS) is 14.6. The van der Waals surface area contributed by atoms with E-state index in [1.807, 2.05) is 13.8 Å². The smallest absolute Gasteiger partial charge is 0.339 e. The van der Waals surface area contributed by atoms with Gasteiger partial charge in [-0.1, -0.05) is 0 Å². The minimum Gasteiger partial charge on any atom is -0.489 e. The van der Waals surface area contributed by atoms with Crippen LogP contribution in [0.4, 0.5) is 5.69 Å². The van der Waals surface area contributed by atoms with Crippen molar-refractivity contribution in [3.05, 3.63) is 47.3 Å². The molecule has 0 atom stereocenters. The van der Waals surface area contributed by atoms with Gasteiger partial charge in [0.1, 0.15) is 11.4 Å². The molecule has 0 saturated carbocycles. The fraction of sp³-hybridized carbons (Fsp3) is 0.435. The van der Waals surface area contributed by atoms with Crippen LogP contribution in [0.1, 0.15) is 47.3 Å². The number of hydrogen-bond acceptors (Lipinski definition) is 8. The summed E-state index contributed by atoms with van der Waals surface area (Å²) in [7, 11) is -3.78. The molecule has 34 heavy (non-hydrogen) atoms. The summed E-state index contributed by atoms with van der Waals surface area (Å²) in [6, 6.07) is 7.23. The number of benzene rings is 1. The van der Waals surface area contributed by atoms with Crippen molar-refractivity contribution in [3.8, 4) is 5.75 Å². The molecule has 10 nitrogen and oxygen atoms in total. The molecule has 0 unspecified atom stereocenters. The average molecular weight is 492 g/mol. The second-order valence-electron chi connectivity index (χ2n) is 7.85. The van der Waals surface area contributed by atoms with Crippen molar-refractivity contribution in [2.75, 3.05) is 38.2 Å². The Hall–Kier alpha value is -3.02. The van der Waals surface area contributed by atoms with E-state index < -0.39 is 21.9 Å². The van der Waals surface area contributed by atoms with Gasteiger partial charge < -0.3 is 19.5 Å². The molecule has 0 radical (unpaired) electrons. The molecule has 1 aliphatic heterocycles. The second kappa shape index (κ2) is 10.9. The van der Waals surface area contributed by atoms with Crippen LogP contribution in [0.2, 0.25) is 0 Å². The maximum Gasteiger partial charge on any atom is 0.339 e. The predicted molar refractivity (Wildman–Crippen MR) is 125 cm³/mol. The number of carbonyl (C=O) groups is 2. The minimum atomic E-state index is -3.78. The first-order valence-corrected chi connectivity index (χ1v) is 12.4. The Labute approximate surface area is 199 Å². The molecule has 2 aromatic rings. The number of nitrogens with one attached hydrogen (secondary N) is 1. The highest BCUT2D eigenvalue weighted by Crippen LogP contribution is 2.30. The molecule has 1 fully saturated rings. The number of pyridine rings is 1. The lowest BCUT2D eigenvalue weighted by atomic mass is 10.2. The molecule has 11 heteroatoms. The first kappa shape index (κ1) is 25.6. The summed E-state index contributed by atoms with van der Waals surface area (Å²) in [6.45, 7) is 8.33. The average Bonchev–Trinajstić information content (AvgIpc) is 2.80. The fourth-order valence-corrected chi connectivity index (χ4v) is 4.79. The molecule has 1 aliphatic rings. The van der Waals surface area contributed by atoms with E-state index in [1.54, 1.807) is 13.8 Å². The van der Waals surface area contributed by atoms with Gasteiger partial charge in [0.05, 0.1) is 47.8 Å². The van der Waals surface area contributed by atoms with Crippen LogP contribution in [0.3, 0.4) is 0 Å². The Balaban J connectivity index is 1.91. The van der Waals surface area contributed by atoms with Gasteiger partial charge in [-0.2, -0.15) is 4.31 Å². The van der Waals surface area contributed by atoms with Gasteiger partial charge in [-0.05, 0) is 58.0 Å². The largest absolute Gasteiger partial charge is 0.489 e. The van der Waals surface area contributed by atoms with Crippen molar-refractivity contribution in [2.24, 2.45) is 0 Å². The van der Waals surface area contributed by atoms with Gasteiger partial charge in [-0.15, -0.1) is 0 Å². The lowest BCUT2D eigenvalue weighted by Crippen LogP contribution is -2.40. The van der Waals surface area contributed by atoms with E-state index in [2.05, 4.69) is 10.3 Å². The standard InChI is InChI=1S/C23H29N3O7S/c1-5-32-23(28)18-7-8-19(24-16(18)4)22(27)25-20-14-17(6-9-21(20)33-15(2)3)34(29,30)26-10-12-31-13-11-26/h6-9,14-15H,5,10-13H2,1-4H3,(H,25,27). The molecule has 1 N–H and O–H groups in total. The number of carbonyl (C=O) groups excluding carboxylic acids is 2. The second-order valence-corrected chi connectivity index (χ2v) is 9.78. The molecule has 2 heterocycles.